The highest BCUT2D eigenvalue weighted by molar-refractivity contribution is 6.06. The third-order valence-corrected chi connectivity index (χ3v) is 2.26. The number of amides is 1. The molecular formula is C11H10N4O3. The molecule has 0 bridgehead atoms. The van der Waals surface area contributed by atoms with Crippen LogP contribution >= 0.6 is 0 Å². The van der Waals surface area contributed by atoms with Crippen LogP contribution in [0.5, 0.6) is 0 Å². The summed E-state index contributed by atoms with van der Waals surface area (Å²) in [6, 6.07) is 6.53. The van der Waals surface area contributed by atoms with Crippen LogP contribution in [0.15, 0.2) is 28.9 Å². The Morgan fingerprint density at radius 1 is 1.33 bits per heavy atom. The molecule has 0 spiro atoms. The first kappa shape index (κ1) is 11.8. The summed E-state index contributed by atoms with van der Waals surface area (Å²) in [5.74, 6) is -0.724. The smallest absolute Gasteiger partial charge is 0.281 e. The van der Waals surface area contributed by atoms with Gasteiger partial charge in [0.2, 0.25) is 11.5 Å². The van der Waals surface area contributed by atoms with E-state index in [1.165, 1.54) is 6.92 Å². The first-order chi connectivity index (χ1) is 8.58. The van der Waals surface area contributed by atoms with E-state index in [1.54, 1.807) is 24.3 Å². The molecule has 0 saturated heterocycles. The molecule has 18 heavy (non-hydrogen) atoms. The normalized spacial score (nSPS) is 10.1. The zero-order valence-corrected chi connectivity index (χ0v) is 9.51. The van der Waals surface area contributed by atoms with Crippen LogP contribution in [-0.4, -0.2) is 22.0 Å². The quantitative estimate of drug-likeness (QED) is 0.784. The molecule has 2 aromatic rings. The highest BCUT2D eigenvalue weighted by Gasteiger charge is 2.16. The van der Waals surface area contributed by atoms with Gasteiger partial charge in [0.05, 0.1) is 0 Å². The molecule has 1 aromatic heterocycles. The standard InChI is InChI=1S/C11H10N4O3/c1-6(16)7-3-2-4-8(5-7)13-11(17)9-10(12)15-18-14-9/h2-5H,1H3,(H2,12,15)(H,13,17). The Morgan fingerprint density at radius 3 is 2.72 bits per heavy atom. The van der Waals surface area contributed by atoms with E-state index in [9.17, 15) is 9.59 Å². The van der Waals surface area contributed by atoms with E-state index in [1.807, 2.05) is 0 Å². The van der Waals surface area contributed by atoms with Gasteiger partial charge in [-0.05, 0) is 29.4 Å². The molecule has 1 heterocycles. The zero-order chi connectivity index (χ0) is 13.1. The van der Waals surface area contributed by atoms with Crippen molar-refractivity contribution in [3.05, 3.63) is 35.5 Å². The molecule has 0 aliphatic heterocycles. The third-order valence-electron chi connectivity index (χ3n) is 2.26. The van der Waals surface area contributed by atoms with Gasteiger partial charge in [-0.1, -0.05) is 12.1 Å². The van der Waals surface area contributed by atoms with E-state index in [4.69, 9.17) is 5.73 Å². The summed E-state index contributed by atoms with van der Waals surface area (Å²) in [6.45, 7) is 1.44. The lowest BCUT2D eigenvalue weighted by atomic mass is 10.1. The molecule has 0 aliphatic rings. The second-order valence-corrected chi connectivity index (χ2v) is 3.59. The second kappa shape index (κ2) is 4.66. The summed E-state index contributed by atoms with van der Waals surface area (Å²) in [5.41, 5.74) is 6.26. The molecule has 1 amide bonds. The molecular weight excluding hydrogens is 236 g/mol. The van der Waals surface area contributed by atoms with Crippen molar-refractivity contribution in [2.24, 2.45) is 0 Å². The molecule has 0 saturated carbocycles. The van der Waals surface area contributed by atoms with Gasteiger partial charge >= 0.3 is 0 Å². The van der Waals surface area contributed by atoms with Gasteiger partial charge in [-0.15, -0.1) is 0 Å². The van der Waals surface area contributed by atoms with Gasteiger partial charge < -0.3 is 11.1 Å². The van der Waals surface area contributed by atoms with Gasteiger partial charge in [0.1, 0.15) is 0 Å². The Labute approximate surface area is 102 Å². The summed E-state index contributed by atoms with van der Waals surface area (Å²) in [5, 5.41) is 9.23. The monoisotopic (exact) mass is 246 g/mol. The molecule has 0 aliphatic carbocycles. The summed E-state index contributed by atoms with van der Waals surface area (Å²) in [4.78, 5) is 22.9. The summed E-state index contributed by atoms with van der Waals surface area (Å²) >= 11 is 0. The van der Waals surface area contributed by atoms with Gasteiger partial charge in [-0.25, -0.2) is 4.63 Å². The topological polar surface area (TPSA) is 111 Å². The molecule has 0 unspecified atom stereocenters. The number of nitrogens with one attached hydrogen (secondary N) is 1. The molecule has 3 N–H and O–H groups in total. The number of anilines is 2. The summed E-state index contributed by atoms with van der Waals surface area (Å²) in [7, 11) is 0. The van der Waals surface area contributed by atoms with Crippen molar-refractivity contribution in [3.8, 4) is 0 Å². The number of aromatic nitrogens is 2. The number of nitrogen functional groups attached to an aromatic ring is 1. The number of nitrogens with zero attached hydrogens (tertiary/aromatic N) is 2. The van der Waals surface area contributed by atoms with Crippen LogP contribution in [0, 0.1) is 0 Å². The van der Waals surface area contributed by atoms with Crippen molar-refractivity contribution in [2.75, 3.05) is 11.1 Å². The molecule has 1 aromatic carbocycles. The van der Waals surface area contributed by atoms with E-state index in [0.717, 1.165) is 0 Å². The number of benzene rings is 1. The van der Waals surface area contributed by atoms with Gasteiger partial charge in [0.25, 0.3) is 5.91 Å². The number of ketones is 1. The number of carbonyl (C=O) groups excluding carboxylic acids is 2. The van der Waals surface area contributed by atoms with Crippen LogP contribution in [0.4, 0.5) is 11.5 Å². The molecule has 7 nitrogen and oxygen atoms in total. The van der Waals surface area contributed by atoms with Gasteiger partial charge in [0, 0.05) is 11.3 Å². The molecule has 0 fully saturated rings. The average molecular weight is 246 g/mol. The number of nitrogens with two attached hydrogens (primary N) is 1. The number of hydrogen-bond donors (Lipinski definition) is 2. The van der Waals surface area contributed by atoms with Gasteiger partial charge in [-0.2, -0.15) is 0 Å². The number of Topliss-reactive ketones (excluding diaryl/α,β-unsaturated/α-hetero) is 1. The van der Waals surface area contributed by atoms with Crippen molar-refractivity contribution < 1.29 is 14.2 Å². The van der Waals surface area contributed by atoms with Gasteiger partial charge in [-0.3, -0.25) is 9.59 Å². The molecule has 0 radical (unpaired) electrons. The SMILES string of the molecule is CC(=O)c1cccc(NC(=O)c2nonc2N)c1. The lowest BCUT2D eigenvalue weighted by Crippen LogP contribution is -2.14. The predicted octanol–water partition coefficient (Wildman–Crippen LogP) is 1.11. The highest BCUT2D eigenvalue weighted by atomic mass is 16.6. The number of carbonyl (C=O) groups is 2. The van der Waals surface area contributed by atoms with Crippen LogP contribution in [0.1, 0.15) is 27.8 Å². The van der Waals surface area contributed by atoms with Gasteiger partial charge in [0.15, 0.2) is 5.78 Å². The Hall–Kier alpha value is -2.70. The predicted molar refractivity (Wildman–Crippen MR) is 63.1 cm³/mol. The maximum Gasteiger partial charge on any atom is 0.281 e. The maximum atomic E-state index is 11.7. The Kier molecular flexibility index (Phi) is 3.05. The largest absolute Gasteiger partial charge is 0.379 e. The highest BCUT2D eigenvalue weighted by Crippen LogP contribution is 2.13. The minimum atomic E-state index is -0.547. The lowest BCUT2D eigenvalue weighted by molar-refractivity contribution is 0.100. The number of rotatable bonds is 3. The fourth-order valence-electron chi connectivity index (χ4n) is 1.36. The van der Waals surface area contributed by atoms with E-state index in [0.29, 0.717) is 11.3 Å². The van der Waals surface area contributed by atoms with Crippen LogP contribution in [-0.2, 0) is 0 Å². The van der Waals surface area contributed by atoms with Crippen LogP contribution in [0.25, 0.3) is 0 Å². The van der Waals surface area contributed by atoms with E-state index in [2.05, 4.69) is 20.3 Å². The third kappa shape index (κ3) is 2.34. The van der Waals surface area contributed by atoms with Crippen molar-refractivity contribution in [1.29, 1.82) is 0 Å². The first-order valence-corrected chi connectivity index (χ1v) is 5.08. The Balaban J connectivity index is 2.20. The molecule has 2 rings (SSSR count). The zero-order valence-electron chi connectivity index (χ0n) is 9.51. The minimum absolute atomic E-state index is 0.0878. The van der Waals surface area contributed by atoms with Crippen LogP contribution in [0.3, 0.4) is 0 Å². The minimum Gasteiger partial charge on any atom is -0.379 e. The van der Waals surface area contributed by atoms with Crippen molar-refractivity contribution in [1.82, 2.24) is 10.3 Å². The molecule has 7 heteroatoms. The van der Waals surface area contributed by atoms with Crippen LogP contribution in [0.2, 0.25) is 0 Å². The van der Waals surface area contributed by atoms with E-state index >= 15 is 0 Å². The van der Waals surface area contributed by atoms with Crippen molar-refractivity contribution in [3.63, 3.8) is 0 Å². The van der Waals surface area contributed by atoms with E-state index in [-0.39, 0.29) is 17.3 Å². The maximum absolute atomic E-state index is 11.7. The summed E-state index contributed by atoms with van der Waals surface area (Å²) < 4.78 is 4.33. The Morgan fingerprint density at radius 2 is 2.11 bits per heavy atom. The number of hydrogen-bond acceptors (Lipinski definition) is 6. The Bertz CT molecular complexity index is 606. The lowest BCUT2D eigenvalue weighted by Gasteiger charge is -2.04. The summed E-state index contributed by atoms with van der Waals surface area (Å²) in [6.07, 6.45) is 0. The average Bonchev–Trinajstić information content (AvgIpc) is 2.76. The second-order valence-electron chi connectivity index (χ2n) is 3.59. The van der Waals surface area contributed by atoms with E-state index < -0.39 is 5.91 Å². The molecule has 0 atom stereocenters. The fourth-order valence-corrected chi connectivity index (χ4v) is 1.36. The first-order valence-electron chi connectivity index (χ1n) is 5.08. The molecule has 92 valence electrons. The van der Waals surface area contributed by atoms with Crippen LogP contribution < -0.4 is 11.1 Å². The van der Waals surface area contributed by atoms with Crippen molar-refractivity contribution >= 4 is 23.2 Å². The fraction of sp³-hybridized carbons (Fsp3) is 0.0909. The van der Waals surface area contributed by atoms with Crippen molar-refractivity contribution in [2.45, 2.75) is 6.92 Å².